The molecular formula is C18H26BrF2N3O3Si. The van der Waals surface area contributed by atoms with Gasteiger partial charge in [0.15, 0.2) is 23.7 Å². The lowest BCUT2D eigenvalue weighted by atomic mass is 10.1. The third kappa shape index (κ3) is 4.89. The molecule has 1 saturated heterocycles. The summed E-state index contributed by atoms with van der Waals surface area (Å²) >= 11 is 3.07. The Bertz CT molecular complexity index is 830. The second-order valence-electron chi connectivity index (χ2n) is 8.15. The lowest BCUT2D eigenvalue weighted by molar-refractivity contribution is 0.0660. The Balaban J connectivity index is 1.83. The van der Waals surface area contributed by atoms with Crippen LogP contribution in [0, 0.1) is 5.82 Å². The van der Waals surface area contributed by atoms with Crippen LogP contribution in [-0.4, -0.2) is 54.2 Å². The molecule has 1 aliphatic rings. The van der Waals surface area contributed by atoms with Crippen LogP contribution in [0.4, 0.5) is 8.78 Å². The number of imidazole rings is 1. The number of alkyl halides is 1. The molecule has 10 heteroatoms. The zero-order valence-corrected chi connectivity index (χ0v) is 19.1. The van der Waals surface area contributed by atoms with Gasteiger partial charge in [-0.3, -0.25) is 4.57 Å². The number of halogens is 3. The first-order valence-electron chi connectivity index (χ1n) is 9.42. The molecule has 2 aromatic heterocycles. The molecule has 0 aliphatic carbocycles. The molecule has 28 heavy (non-hydrogen) atoms. The second kappa shape index (κ2) is 8.72. The number of hydrogen-bond donors (Lipinski definition) is 0. The van der Waals surface area contributed by atoms with Crippen LogP contribution in [0.3, 0.4) is 0 Å². The van der Waals surface area contributed by atoms with Gasteiger partial charge in [0.2, 0.25) is 0 Å². The predicted molar refractivity (Wildman–Crippen MR) is 109 cm³/mol. The molecule has 156 valence electrons. The van der Waals surface area contributed by atoms with Crippen molar-refractivity contribution in [3.05, 3.63) is 16.5 Å². The zero-order valence-electron chi connectivity index (χ0n) is 16.5. The summed E-state index contributed by atoms with van der Waals surface area (Å²) in [6.07, 6.45) is -1.93. The monoisotopic (exact) mass is 477 g/mol. The van der Waals surface area contributed by atoms with Crippen LogP contribution in [0.25, 0.3) is 11.2 Å². The summed E-state index contributed by atoms with van der Waals surface area (Å²) in [4.78, 5) is 8.44. The summed E-state index contributed by atoms with van der Waals surface area (Å²) in [6.45, 7) is 9.51. The lowest BCUT2D eigenvalue weighted by Gasteiger charge is -2.18. The van der Waals surface area contributed by atoms with Crippen molar-refractivity contribution < 1.29 is 23.0 Å². The van der Waals surface area contributed by atoms with E-state index in [0.717, 1.165) is 6.04 Å². The zero-order chi connectivity index (χ0) is 20.5. The molecule has 3 rings (SSSR count). The molecule has 0 unspecified atom stereocenters. The molecule has 6 nitrogen and oxygen atoms in total. The Morgan fingerprint density at radius 2 is 2.11 bits per heavy atom. The summed E-state index contributed by atoms with van der Waals surface area (Å²) in [5.74, 6) is -0.513. The molecule has 0 aromatic carbocycles. The first-order valence-corrected chi connectivity index (χ1v) is 13.9. The van der Waals surface area contributed by atoms with E-state index < -0.39 is 32.3 Å². The van der Waals surface area contributed by atoms with Gasteiger partial charge < -0.3 is 14.2 Å². The van der Waals surface area contributed by atoms with Crippen LogP contribution in [0.2, 0.25) is 25.7 Å². The lowest BCUT2D eigenvalue weighted by Crippen LogP contribution is -2.31. The van der Waals surface area contributed by atoms with Gasteiger partial charge in [0.05, 0.1) is 18.2 Å². The molecule has 0 amide bonds. The summed E-state index contributed by atoms with van der Waals surface area (Å²) in [5, 5.41) is 0. The predicted octanol–water partition coefficient (Wildman–Crippen LogP) is 4.54. The van der Waals surface area contributed by atoms with Gasteiger partial charge in [-0.2, -0.15) is 4.98 Å². The van der Waals surface area contributed by atoms with E-state index in [9.17, 15) is 8.78 Å². The van der Waals surface area contributed by atoms with Crippen molar-refractivity contribution in [2.75, 3.05) is 13.2 Å². The number of hydrogen-bond acceptors (Lipinski definition) is 5. The summed E-state index contributed by atoms with van der Waals surface area (Å²) in [5.41, 5.74) is 0.739. The maximum Gasteiger partial charge on any atom is 0.301 e. The van der Waals surface area contributed by atoms with E-state index in [1.807, 2.05) is 6.92 Å². The van der Waals surface area contributed by atoms with Crippen LogP contribution >= 0.6 is 15.9 Å². The molecule has 1 aliphatic heterocycles. The van der Waals surface area contributed by atoms with E-state index in [-0.39, 0.29) is 24.0 Å². The molecule has 0 radical (unpaired) electrons. The second-order valence-corrected chi connectivity index (χ2v) is 14.5. The summed E-state index contributed by atoms with van der Waals surface area (Å²) in [6, 6.07) is 2.47. The average molecular weight is 478 g/mol. The number of pyridine rings is 1. The van der Waals surface area contributed by atoms with Gasteiger partial charge >= 0.3 is 6.01 Å². The van der Waals surface area contributed by atoms with E-state index in [4.69, 9.17) is 14.2 Å². The van der Waals surface area contributed by atoms with Crippen molar-refractivity contribution in [1.29, 1.82) is 0 Å². The van der Waals surface area contributed by atoms with Gasteiger partial charge in [-0.05, 0) is 28.4 Å². The molecule has 0 bridgehead atoms. The maximum atomic E-state index is 14.5. The van der Waals surface area contributed by atoms with Crippen molar-refractivity contribution in [3.8, 4) is 6.01 Å². The van der Waals surface area contributed by atoms with Gasteiger partial charge in [-0.1, -0.05) is 26.6 Å². The number of aromatic nitrogens is 3. The van der Waals surface area contributed by atoms with Crippen LogP contribution < -0.4 is 4.74 Å². The molecule has 0 saturated carbocycles. The van der Waals surface area contributed by atoms with Gasteiger partial charge in [0, 0.05) is 20.7 Å². The molecule has 2 aromatic rings. The molecule has 3 heterocycles. The normalized spacial score (nSPS) is 22.9. The fraction of sp³-hybridized carbons (Fsp3) is 0.667. The van der Waals surface area contributed by atoms with Gasteiger partial charge in [-0.15, -0.1) is 0 Å². The van der Waals surface area contributed by atoms with E-state index in [2.05, 4.69) is 45.5 Å². The van der Waals surface area contributed by atoms with Crippen molar-refractivity contribution in [3.63, 3.8) is 0 Å². The standard InChI is InChI=1S/C18H26BrF2N3O3Si/c1-5-13-15(21)14(9-26-13)27-18-23-17-12(8-11(20)16(19)22-17)24(18)10-25-6-7-28(2,3)4/h8,13-15H,5-7,9-10H2,1-4H3/t13-,14-,15-/m1/s1. The minimum absolute atomic E-state index is 0.0643. The number of rotatable bonds is 8. The van der Waals surface area contributed by atoms with Crippen molar-refractivity contribution in [2.45, 2.75) is 64.1 Å². The van der Waals surface area contributed by atoms with E-state index >= 15 is 0 Å². The number of fused-ring (bicyclic) bond motifs is 1. The number of nitrogens with zero attached hydrogens (tertiary/aromatic N) is 3. The van der Waals surface area contributed by atoms with Crippen LogP contribution in [-0.2, 0) is 16.2 Å². The SMILES string of the molecule is CC[C@H]1OC[C@@H](Oc2nc3nc(Br)c(F)cc3n2COCC[Si](C)(C)C)[C@@H]1F. The summed E-state index contributed by atoms with van der Waals surface area (Å²) in [7, 11) is -1.24. The van der Waals surface area contributed by atoms with Crippen molar-refractivity contribution in [2.24, 2.45) is 0 Å². The van der Waals surface area contributed by atoms with Gasteiger partial charge in [0.1, 0.15) is 11.3 Å². The molecule has 3 atom stereocenters. The molecular weight excluding hydrogens is 452 g/mol. The Morgan fingerprint density at radius 1 is 1.36 bits per heavy atom. The third-order valence-corrected chi connectivity index (χ3v) is 6.94. The highest BCUT2D eigenvalue weighted by molar-refractivity contribution is 9.10. The van der Waals surface area contributed by atoms with Gasteiger partial charge in [-0.25, -0.2) is 13.8 Å². The van der Waals surface area contributed by atoms with Crippen molar-refractivity contribution >= 4 is 35.2 Å². The maximum absolute atomic E-state index is 14.5. The minimum atomic E-state index is -1.25. The first kappa shape index (κ1) is 21.6. The van der Waals surface area contributed by atoms with Gasteiger partial charge in [0.25, 0.3) is 0 Å². The highest BCUT2D eigenvalue weighted by Gasteiger charge is 2.39. The van der Waals surface area contributed by atoms with E-state index in [1.165, 1.54) is 6.07 Å². The highest BCUT2D eigenvalue weighted by Crippen LogP contribution is 2.28. The largest absolute Gasteiger partial charge is 0.456 e. The smallest absolute Gasteiger partial charge is 0.301 e. The van der Waals surface area contributed by atoms with E-state index in [1.54, 1.807) is 4.57 Å². The Labute approximate surface area is 172 Å². The Hall–Kier alpha value is -1.10. The third-order valence-electron chi connectivity index (χ3n) is 4.68. The first-order chi connectivity index (χ1) is 13.2. The molecule has 0 spiro atoms. The Morgan fingerprint density at radius 3 is 2.75 bits per heavy atom. The highest BCUT2D eigenvalue weighted by atomic mass is 79.9. The Kier molecular flexibility index (Phi) is 6.73. The van der Waals surface area contributed by atoms with Crippen LogP contribution in [0.5, 0.6) is 6.01 Å². The summed E-state index contributed by atoms with van der Waals surface area (Å²) < 4.78 is 47.2. The van der Waals surface area contributed by atoms with Crippen LogP contribution in [0.15, 0.2) is 10.7 Å². The number of ether oxygens (including phenoxy) is 3. The average Bonchev–Trinajstić information content (AvgIpc) is 3.12. The fourth-order valence-corrected chi connectivity index (χ4v) is 3.99. The molecule has 0 N–H and O–H groups in total. The van der Waals surface area contributed by atoms with Crippen LogP contribution in [0.1, 0.15) is 13.3 Å². The minimum Gasteiger partial charge on any atom is -0.456 e. The molecule has 1 fully saturated rings. The van der Waals surface area contributed by atoms with Crippen molar-refractivity contribution in [1.82, 2.24) is 14.5 Å². The van der Waals surface area contributed by atoms with E-state index in [0.29, 0.717) is 24.2 Å². The fourth-order valence-electron chi connectivity index (χ4n) is 2.95. The topological polar surface area (TPSA) is 58.4 Å². The quantitative estimate of drug-likeness (QED) is 0.317.